The van der Waals surface area contributed by atoms with Crippen molar-refractivity contribution in [1.82, 2.24) is 24.5 Å². The van der Waals surface area contributed by atoms with Gasteiger partial charge < -0.3 is 4.74 Å². The van der Waals surface area contributed by atoms with Crippen LogP contribution in [0.4, 0.5) is 0 Å². The van der Waals surface area contributed by atoms with Crippen LogP contribution in [0, 0.1) is 5.92 Å². The quantitative estimate of drug-likeness (QED) is 0.153. The molecule has 0 saturated heterocycles. The molecule has 4 atom stereocenters. The van der Waals surface area contributed by atoms with Crippen molar-refractivity contribution >= 4 is 22.6 Å². The lowest BCUT2D eigenvalue weighted by Gasteiger charge is -2.30. The van der Waals surface area contributed by atoms with Gasteiger partial charge in [0.15, 0.2) is 11.6 Å². The minimum Gasteiger partial charge on any atom is -0.489 e. The molecule has 306 valence electrons. The molecular weight excluding hydrogens is 759 g/mol. The molecule has 0 saturated carbocycles. The van der Waals surface area contributed by atoms with E-state index >= 15 is 0 Å². The highest BCUT2D eigenvalue weighted by molar-refractivity contribution is 5.95. The second-order valence-electron chi connectivity index (χ2n) is 17.9. The fourth-order valence-electron chi connectivity index (χ4n) is 11.1. The van der Waals surface area contributed by atoms with Crippen LogP contribution in [0.25, 0.3) is 51.1 Å². The van der Waals surface area contributed by atoms with E-state index in [1.165, 1.54) is 51.8 Å². The van der Waals surface area contributed by atoms with Crippen LogP contribution in [0.1, 0.15) is 112 Å². The molecule has 6 aliphatic carbocycles. The van der Waals surface area contributed by atoms with Crippen molar-refractivity contribution in [3.05, 3.63) is 184 Å². The van der Waals surface area contributed by atoms with Crippen LogP contribution in [0.5, 0.6) is 0 Å². The van der Waals surface area contributed by atoms with E-state index in [9.17, 15) is 0 Å². The maximum absolute atomic E-state index is 6.75. The van der Waals surface area contributed by atoms with Crippen LogP contribution in [0.15, 0.2) is 162 Å². The van der Waals surface area contributed by atoms with E-state index in [0.29, 0.717) is 17.6 Å². The van der Waals surface area contributed by atoms with Gasteiger partial charge in [0.1, 0.15) is 23.5 Å². The zero-order valence-electron chi connectivity index (χ0n) is 35.2. The van der Waals surface area contributed by atoms with Gasteiger partial charge in [-0.15, -0.1) is 0 Å². The first-order valence-corrected chi connectivity index (χ1v) is 23.1. The van der Waals surface area contributed by atoms with E-state index < -0.39 is 0 Å². The summed E-state index contributed by atoms with van der Waals surface area (Å²) in [6.07, 6.45) is 43.2. The third kappa shape index (κ3) is 6.54. The van der Waals surface area contributed by atoms with E-state index in [2.05, 4.69) is 144 Å². The molecular formula is C56H51N5O. The van der Waals surface area contributed by atoms with Gasteiger partial charge in [0.2, 0.25) is 0 Å². The highest BCUT2D eigenvalue weighted by Crippen LogP contribution is 2.51. The number of para-hydroxylation sites is 1. The average Bonchev–Trinajstić information content (AvgIpc) is 3.90. The number of aromatic nitrogens is 5. The van der Waals surface area contributed by atoms with Crippen molar-refractivity contribution < 1.29 is 4.74 Å². The first kappa shape index (κ1) is 37.4. The minimum atomic E-state index is -0.0703. The lowest BCUT2D eigenvalue weighted by Crippen LogP contribution is -2.21. The maximum Gasteiger partial charge on any atom is 0.167 e. The van der Waals surface area contributed by atoms with Gasteiger partial charge in [-0.05, 0) is 111 Å². The monoisotopic (exact) mass is 809 g/mol. The molecule has 0 radical (unpaired) electrons. The molecule has 3 aromatic heterocycles. The first-order chi connectivity index (χ1) is 30.7. The standard InChI is InChI=1S/C56H51N5O/c1-5-17-36(18-6-1)40-29-30-42(37-19-7-2-8-20-37)46(33-40)41-34-47(55-59-53(38-21-9-3-10-22-38)58-54(60-55)39-23-11-4-12-24-39)56(57-35-41)61-48-27-15-13-25-43(48)44-31-32-50-51(52(44)61)45-26-14-16-28-49(45)62-50/h3-5,9-11,13-15,17-19,21-22,25-27,29,31-35,39,42,50-51H,1-2,6-8,12,16,20,23-24,28,30H2. The van der Waals surface area contributed by atoms with Crippen LogP contribution >= 0.6 is 0 Å². The summed E-state index contributed by atoms with van der Waals surface area (Å²) in [5, 5.41) is 1.21. The van der Waals surface area contributed by atoms with Crippen molar-refractivity contribution in [3.63, 3.8) is 0 Å². The summed E-state index contributed by atoms with van der Waals surface area (Å²) in [6.45, 7) is 0. The number of hydrogen-bond donors (Lipinski definition) is 0. The smallest absolute Gasteiger partial charge is 0.167 e. The van der Waals surface area contributed by atoms with Crippen molar-refractivity contribution in [3.8, 4) is 28.6 Å². The Morgan fingerprint density at radius 2 is 1.60 bits per heavy atom. The number of pyridine rings is 1. The highest BCUT2D eigenvalue weighted by Gasteiger charge is 2.42. The molecule has 6 nitrogen and oxygen atoms in total. The molecule has 6 heteroatoms. The molecule has 1 aliphatic heterocycles. The lowest BCUT2D eigenvalue weighted by molar-refractivity contribution is 0.163. The van der Waals surface area contributed by atoms with Crippen LogP contribution < -0.4 is 0 Å². The van der Waals surface area contributed by atoms with E-state index in [1.807, 2.05) is 0 Å². The Bertz CT molecular complexity index is 2910. The Kier molecular flexibility index (Phi) is 9.53. The van der Waals surface area contributed by atoms with E-state index in [-0.39, 0.29) is 17.9 Å². The van der Waals surface area contributed by atoms with E-state index in [4.69, 9.17) is 24.7 Å². The van der Waals surface area contributed by atoms with Gasteiger partial charge in [0.05, 0.1) is 17.0 Å². The van der Waals surface area contributed by atoms with Gasteiger partial charge in [-0.25, -0.2) is 19.9 Å². The van der Waals surface area contributed by atoms with E-state index in [0.717, 1.165) is 104 Å². The number of rotatable bonds is 7. The second kappa shape index (κ2) is 15.8. The first-order valence-electron chi connectivity index (χ1n) is 23.1. The Hall–Kier alpha value is -6.40. The normalized spacial score (nSPS) is 23.9. The van der Waals surface area contributed by atoms with Gasteiger partial charge >= 0.3 is 0 Å². The van der Waals surface area contributed by atoms with Crippen molar-refractivity contribution in [2.45, 2.75) is 95.0 Å². The molecule has 0 N–H and O–H groups in total. The number of fused-ring (bicyclic) bond motifs is 6. The summed E-state index contributed by atoms with van der Waals surface area (Å²) >= 11 is 0. The number of hydrogen-bond acceptors (Lipinski definition) is 5. The summed E-state index contributed by atoms with van der Waals surface area (Å²) in [7, 11) is 0. The molecule has 2 aromatic carbocycles. The van der Waals surface area contributed by atoms with Crippen LogP contribution in [-0.4, -0.2) is 30.6 Å². The van der Waals surface area contributed by atoms with Gasteiger partial charge in [-0.1, -0.05) is 121 Å². The molecule has 7 aliphatic rings. The van der Waals surface area contributed by atoms with Crippen LogP contribution in [-0.2, 0) is 4.74 Å². The molecule has 4 heterocycles. The summed E-state index contributed by atoms with van der Waals surface area (Å²) < 4.78 is 9.18. The molecule has 62 heavy (non-hydrogen) atoms. The molecule has 0 fully saturated rings. The largest absolute Gasteiger partial charge is 0.489 e. The number of nitrogens with zero attached hydrogens (tertiary/aromatic N) is 5. The third-order valence-corrected chi connectivity index (χ3v) is 14.1. The number of ether oxygens (including phenoxy) is 1. The third-order valence-electron chi connectivity index (χ3n) is 14.1. The van der Waals surface area contributed by atoms with E-state index in [1.54, 1.807) is 5.57 Å². The van der Waals surface area contributed by atoms with Crippen molar-refractivity contribution in [2.75, 3.05) is 0 Å². The summed E-state index contributed by atoms with van der Waals surface area (Å²) in [5.41, 5.74) is 13.4. The number of allylic oxidation sites excluding steroid dienone is 15. The Morgan fingerprint density at radius 1 is 0.694 bits per heavy atom. The molecule has 12 rings (SSSR count). The summed E-state index contributed by atoms with van der Waals surface area (Å²) in [6, 6.07) is 21.6. The minimum absolute atomic E-state index is 0.0410. The van der Waals surface area contributed by atoms with Crippen molar-refractivity contribution in [1.29, 1.82) is 0 Å². The topological polar surface area (TPSA) is 65.7 Å². The predicted molar refractivity (Wildman–Crippen MR) is 250 cm³/mol. The summed E-state index contributed by atoms with van der Waals surface area (Å²) in [4.78, 5) is 21.8. The Morgan fingerprint density at radius 3 is 2.47 bits per heavy atom. The summed E-state index contributed by atoms with van der Waals surface area (Å²) in [5.74, 6) is 4.73. The zero-order chi connectivity index (χ0) is 41.0. The SMILES string of the molecule is C1=CC(C2=CCC(C3=CCCCC3)C(c3cnc(-n4c5c(c6ccccc64)C=CC4OC6=C(C=CCC6)C54)c(-c4nc(-c5ccccc5)nc(C5CC=CCC5)n4)c3)=C2)=CCC1. The second-order valence-corrected chi connectivity index (χ2v) is 17.9. The molecule has 4 unspecified atom stereocenters. The fraction of sp³-hybridized carbons (Fsp3) is 0.286. The molecule has 0 spiro atoms. The number of benzene rings is 2. The molecule has 0 amide bonds. The van der Waals surface area contributed by atoms with Gasteiger partial charge in [-0.3, -0.25) is 4.57 Å². The van der Waals surface area contributed by atoms with Crippen molar-refractivity contribution in [2.24, 2.45) is 5.92 Å². The van der Waals surface area contributed by atoms with Crippen LogP contribution in [0.2, 0.25) is 0 Å². The lowest BCUT2D eigenvalue weighted by atomic mass is 9.75. The van der Waals surface area contributed by atoms with Gasteiger partial charge in [0, 0.05) is 52.2 Å². The molecule has 5 aromatic rings. The predicted octanol–water partition coefficient (Wildman–Crippen LogP) is 13.6. The maximum atomic E-state index is 6.75. The Balaban J connectivity index is 1.12. The van der Waals surface area contributed by atoms with Crippen LogP contribution in [0.3, 0.4) is 0 Å². The average molecular weight is 810 g/mol. The zero-order valence-corrected chi connectivity index (χ0v) is 35.2. The Labute approximate surface area is 364 Å². The fourth-order valence-corrected chi connectivity index (χ4v) is 11.1. The van der Waals surface area contributed by atoms with Gasteiger partial charge in [-0.2, -0.15) is 0 Å². The molecule has 0 bridgehead atoms. The van der Waals surface area contributed by atoms with Gasteiger partial charge in [0.25, 0.3) is 0 Å². The highest BCUT2D eigenvalue weighted by atomic mass is 16.5.